The van der Waals surface area contributed by atoms with E-state index in [4.69, 9.17) is 5.73 Å². The number of carbonyl (C=O) groups excluding carboxylic acids is 1. The van der Waals surface area contributed by atoms with Crippen LogP contribution in [0.1, 0.15) is 66.2 Å². The molecule has 1 aliphatic carbocycles. The van der Waals surface area contributed by atoms with Gasteiger partial charge in [0.15, 0.2) is 0 Å². The first kappa shape index (κ1) is 19.5. The molecule has 0 aliphatic heterocycles. The van der Waals surface area contributed by atoms with E-state index in [9.17, 15) is 4.79 Å². The number of rotatable bonds is 10. The molecule has 1 aliphatic rings. The summed E-state index contributed by atoms with van der Waals surface area (Å²) in [6, 6.07) is 0. The van der Waals surface area contributed by atoms with Gasteiger partial charge in [0.2, 0.25) is 0 Å². The Kier molecular flexibility index (Phi) is 7.54. The Balaban J connectivity index is 2.97. The molecule has 23 heavy (non-hydrogen) atoms. The summed E-state index contributed by atoms with van der Waals surface area (Å²) in [5.74, 6) is 0.598. The lowest BCUT2D eigenvalue weighted by Crippen LogP contribution is -2.23. The lowest BCUT2D eigenvalue weighted by molar-refractivity contribution is -0.123. The molecule has 0 bridgehead atoms. The molecule has 1 rings (SSSR count). The highest BCUT2D eigenvalue weighted by molar-refractivity contribution is 5.79. The second-order valence-corrected chi connectivity index (χ2v) is 6.89. The van der Waals surface area contributed by atoms with E-state index in [1.165, 1.54) is 18.4 Å². The highest BCUT2D eigenvalue weighted by Gasteiger charge is 2.49. The van der Waals surface area contributed by atoms with E-state index < -0.39 is 0 Å². The topological polar surface area (TPSA) is 43.1 Å². The van der Waals surface area contributed by atoms with Gasteiger partial charge in [-0.15, -0.1) is 0 Å². The molecular weight excluding hydrogens is 282 g/mol. The number of allylic oxidation sites excluding steroid dienone is 6. The van der Waals surface area contributed by atoms with Gasteiger partial charge in [-0.1, -0.05) is 37.6 Å². The third kappa shape index (κ3) is 5.23. The molecule has 2 heteroatoms. The van der Waals surface area contributed by atoms with E-state index in [0.29, 0.717) is 5.78 Å². The SMILES string of the molecule is C=C(C)C(/C=C\N)=C(\C=C/C)CCC1([C@H](CCC)C(C)=O)CC1. The van der Waals surface area contributed by atoms with Crippen LogP contribution in [0.4, 0.5) is 0 Å². The van der Waals surface area contributed by atoms with Crippen LogP contribution < -0.4 is 5.73 Å². The summed E-state index contributed by atoms with van der Waals surface area (Å²) in [6.45, 7) is 12.1. The summed E-state index contributed by atoms with van der Waals surface area (Å²) < 4.78 is 0. The molecule has 0 aromatic carbocycles. The minimum Gasteiger partial charge on any atom is -0.405 e. The first-order chi connectivity index (χ1) is 10.9. The first-order valence-electron chi connectivity index (χ1n) is 8.82. The van der Waals surface area contributed by atoms with Crippen molar-refractivity contribution in [2.75, 3.05) is 0 Å². The maximum atomic E-state index is 12.1. The average Bonchev–Trinajstić information content (AvgIpc) is 3.27. The number of hydrogen-bond acceptors (Lipinski definition) is 2. The highest BCUT2D eigenvalue weighted by Crippen LogP contribution is 2.57. The van der Waals surface area contributed by atoms with Crippen molar-refractivity contribution in [3.8, 4) is 0 Å². The van der Waals surface area contributed by atoms with Crippen LogP contribution in [0, 0.1) is 11.3 Å². The molecule has 1 saturated carbocycles. The summed E-state index contributed by atoms with van der Waals surface area (Å²) in [4.78, 5) is 12.1. The quantitative estimate of drug-likeness (QED) is 0.543. The van der Waals surface area contributed by atoms with E-state index in [-0.39, 0.29) is 11.3 Å². The smallest absolute Gasteiger partial charge is 0.133 e. The minimum absolute atomic E-state index is 0.234. The van der Waals surface area contributed by atoms with Gasteiger partial charge in [-0.2, -0.15) is 0 Å². The largest absolute Gasteiger partial charge is 0.405 e. The van der Waals surface area contributed by atoms with Crippen molar-refractivity contribution in [1.82, 2.24) is 0 Å². The third-order valence-corrected chi connectivity index (χ3v) is 5.03. The zero-order chi connectivity index (χ0) is 17.5. The van der Waals surface area contributed by atoms with Gasteiger partial charge in [-0.3, -0.25) is 4.79 Å². The van der Waals surface area contributed by atoms with E-state index in [1.807, 2.05) is 19.9 Å². The van der Waals surface area contributed by atoms with Gasteiger partial charge < -0.3 is 5.73 Å². The Morgan fingerprint density at radius 1 is 1.30 bits per heavy atom. The Labute approximate surface area is 142 Å². The van der Waals surface area contributed by atoms with E-state index >= 15 is 0 Å². The van der Waals surface area contributed by atoms with Gasteiger partial charge in [-0.05, 0) is 81.7 Å². The van der Waals surface area contributed by atoms with E-state index in [2.05, 4.69) is 25.7 Å². The molecular formula is C21H33NO. The van der Waals surface area contributed by atoms with Gasteiger partial charge in [0.25, 0.3) is 0 Å². The fourth-order valence-electron chi connectivity index (χ4n) is 3.67. The van der Waals surface area contributed by atoms with Crippen LogP contribution in [0.15, 0.2) is 47.7 Å². The zero-order valence-electron chi connectivity index (χ0n) is 15.3. The zero-order valence-corrected chi connectivity index (χ0v) is 15.3. The van der Waals surface area contributed by atoms with Gasteiger partial charge in [0.1, 0.15) is 5.78 Å². The summed E-state index contributed by atoms with van der Waals surface area (Å²) in [7, 11) is 0. The molecule has 0 aromatic heterocycles. The minimum atomic E-state index is 0.234. The van der Waals surface area contributed by atoms with Gasteiger partial charge >= 0.3 is 0 Å². The van der Waals surface area contributed by atoms with Gasteiger partial charge in [0, 0.05) is 5.92 Å². The summed E-state index contributed by atoms with van der Waals surface area (Å²) >= 11 is 0. The standard InChI is InChI=1S/C21H33NO/c1-6-8-18(19(11-15-22)16(3)4)10-12-21(13-14-21)20(9-7-2)17(5)23/h6,8,11,15,20H,3,7,9-10,12-14,22H2,1-2,4-5H3/b8-6-,15-11-,19-18+/t20-/m1/s1. The fraction of sp³-hybridized carbons (Fsp3) is 0.571. The van der Waals surface area contributed by atoms with Crippen molar-refractivity contribution in [1.29, 1.82) is 0 Å². The third-order valence-electron chi connectivity index (χ3n) is 5.03. The first-order valence-corrected chi connectivity index (χ1v) is 8.82. The Morgan fingerprint density at radius 2 is 1.96 bits per heavy atom. The molecule has 0 radical (unpaired) electrons. The van der Waals surface area contributed by atoms with Crippen LogP contribution in [0.5, 0.6) is 0 Å². The molecule has 1 fully saturated rings. The fourth-order valence-corrected chi connectivity index (χ4v) is 3.67. The number of carbonyl (C=O) groups is 1. The van der Waals surface area contributed by atoms with E-state index in [1.54, 1.807) is 13.1 Å². The Bertz CT molecular complexity index is 518. The average molecular weight is 316 g/mol. The second kappa shape index (κ2) is 8.90. The maximum Gasteiger partial charge on any atom is 0.133 e. The summed E-state index contributed by atoms with van der Waals surface area (Å²) in [6.07, 6.45) is 14.3. The van der Waals surface area contributed by atoms with Crippen molar-refractivity contribution in [3.05, 3.63) is 47.7 Å². The highest BCUT2D eigenvalue weighted by atomic mass is 16.1. The Morgan fingerprint density at radius 3 is 2.35 bits per heavy atom. The van der Waals surface area contributed by atoms with Crippen LogP contribution in [-0.4, -0.2) is 5.78 Å². The van der Waals surface area contributed by atoms with E-state index in [0.717, 1.165) is 36.8 Å². The molecule has 0 amide bonds. The lowest BCUT2D eigenvalue weighted by atomic mass is 9.78. The van der Waals surface area contributed by atoms with Gasteiger partial charge in [0.05, 0.1) is 0 Å². The van der Waals surface area contributed by atoms with Crippen LogP contribution in [0.3, 0.4) is 0 Å². The molecule has 0 saturated heterocycles. The van der Waals surface area contributed by atoms with Crippen molar-refractivity contribution < 1.29 is 4.79 Å². The van der Waals surface area contributed by atoms with Gasteiger partial charge in [-0.25, -0.2) is 0 Å². The maximum absolute atomic E-state index is 12.1. The molecule has 0 spiro atoms. The molecule has 2 nitrogen and oxygen atoms in total. The molecule has 2 N–H and O–H groups in total. The Hall–Kier alpha value is -1.57. The van der Waals surface area contributed by atoms with Crippen LogP contribution >= 0.6 is 0 Å². The number of ketones is 1. The molecule has 0 heterocycles. The molecule has 0 unspecified atom stereocenters. The van der Waals surface area contributed by atoms with Crippen molar-refractivity contribution in [2.45, 2.75) is 66.2 Å². The van der Waals surface area contributed by atoms with Crippen LogP contribution in [0.2, 0.25) is 0 Å². The van der Waals surface area contributed by atoms with Crippen LogP contribution in [0.25, 0.3) is 0 Å². The monoisotopic (exact) mass is 315 g/mol. The second-order valence-electron chi connectivity index (χ2n) is 6.89. The summed E-state index contributed by atoms with van der Waals surface area (Å²) in [5.41, 5.74) is 9.26. The normalized spacial score (nSPS) is 19.0. The predicted molar refractivity (Wildman–Crippen MR) is 100.0 cm³/mol. The molecule has 1 atom stereocenters. The van der Waals surface area contributed by atoms with Crippen molar-refractivity contribution in [3.63, 3.8) is 0 Å². The number of hydrogen-bond donors (Lipinski definition) is 1. The molecule has 0 aromatic rings. The van der Waals surface area contributed by atoms with Crippen molar-refractivity contribution in [2.24, 2.45) is 17.1 Å². The lowest BCUT2D eigenvalue weighted by Gasteiger charge is -2.25. The number of Topliss-reactive ketones (excluding diaryl/α,β-unsaturated/α-hetero) is 1. The molecule has 128 valence electrons. The van der Waals surface area contributed by atoms with Crippen molar-refractivity contribution >= 4 is 5.78 Å². The number of nitrogens with two attached hydrogens (primary N) is 1. The summed E-state index contributed by atoms with van der Waals surface area (Å²) in [5, 5.41) is 0. The van der Waals surface area contributed by atoms with Crippen LogP contribution in [-0.2, 0) is 4.79 Å². The predicted octanol–water partition coefficient (Wildman–Crippen LogP) is 5.47.